The van der Waals surface area contributed by atoms with Gasteiger partial charge in [-0.1, -0.05) is 19.1 Å². The lowest BCUT2D eigenvalue weighted by atomic mass is 10.1. The van der Waals surface area contributed by atoms with E-state index in [1.165, 1.54) is 11.1 Å². The molecule has 0 aliphatic heterocycles. The Kier molecular flexibility index (Phi) is 3.90. The molecule has 0 aromatic heterocycles. The maximum atomic E-state index is 4.47. The van der Waals surface area contributed by atoms with E-state index in [-0.39, 0.29) is 0 Å². The van der Waals surface area contributed by atoms with E-state index < -0.39 is 0 Å². The Hall–Kier alpha value is -0.380. The molecule has 0 heterocycles. The van der Waals surface area contributed by atoms with Gasteiger partial charge in [0.05, 0.1) is 9.41 Å². The van der Waals surface area contributed by atoms with Crippen LogP contribution in [0.25, 0.3) is 0 Å². The zero-order valence-corrected chi connectivity index (χ0v) is 10.4. The second-order valence-electron chi connectivity index (χ2n) is 3.02. The van der Waals surface area contributed by atoms with Crippen LogP contribution >= 0.6 is 22.6 Å². The molecule has 0 aliphatic carbocycles. The van der Waals surface area contributed by atoms with E-state index in [9.17, 15) is 0 Å². The molecule has 0 amide bonds. The summed E-state index contributed by atoms with van der Waals surface area (Å²) in [6, 6.07) is 6.30. The molecule has 1 aromatic rings. The SMILES string of the molecule is CCc1cccc(/N=C(/C)I)c1C. The Morgan fingerprint density at radius 2 is 2.15 bits per heavy atom. The van der Waals surface area contributed by atoms with E-state index in [0.717, 1.165) is 15.8 Å². The summed E-state index contributed by atoms with van der Waals surface area (Å²) in [5.74, 6) is 0. The third kappa shape index (κ3) is 2.79. The Morgan fingerprint density at radius 1 is 1.46 bits per heavy atom. The van der Waals surface area contributed by atoms with Crippen LogP contribution in [0.3, 0.4) is 0 Å². The highest BCUT2D eigenvalue weighted by Crippen LogP contribution is 2.22. The highest BCUT2D eigenvalue weighted by atomic mass is 127. The van der Waals surface area contributed by atoms with Crippen molar-refractivity contribution in [2.75, 3.05) is 0 Å². The highest BCUT2D eigenvalue weighted by molar-refractivity contribution is 14.1. The van der Waals surface area contributed by atoms with Crippen LogP contribution in [-0.2, 0) is 6.42 Å². The van der Waals surface area contributed by atoms with Crippen molar-refractivity contribution in [3.05, 3.63) is 29.3 Å². The smallest absolute Gasteiger partial charge is 0.0760 e. The third-order valence-corrected chi connectivity index (χ3v) is 2.31. The van der Waals surface area contributed by atoms with Gasteiger partial charge in [-0.05, 0) is 60.1 Å². The lowest BCUT2D eigenvalue weighted by Gasteiger charge is -2.05. The first-order chi connectivity index (χ1) is 6.15. The quantitative estimate of drug-likeness (QED) is 0.575. The molecule has 0 aliphatic rings. The van der Waals surface area contributed by atoms with Crippen LogP contribution < -0.4 is 0 Å². The van der Waals surface area contributed by atoms with Gasteiger partial charge in [-0.2, -0.15) is 0 Å². The minimum atomic E-state index is 1.08. The Morgan fingerprint density at radius 3 is 2.69 bits per heavy atom. The summed E-state index contributed by atoms with van der Waals surface area (Å²) in [4.78, 5) is 4.47. The van der Waals surface area contributed by atoms with Gasteiger partial charge < -0.3 is 0 Å². The Bertz CT molecular complexity index is 325. The van der Waals surface area contributed by atoms with Crippen LogP contribution in [-0.4, -0.2) is 3.72 Å². The molecule has 0 bridgehead atoms. The molecule has 0 saturated carbocycles. The highest BCUT2D eigenvalue weighted by Gasteiger charge is 2.00. The molecule has 0 atom stereocenters. The molecule has 70 valence electrons. The van der Waals surface area contributed by atoms with Gasteiger partial charge in [0.15, 0.2) is 0 Å². The van der Waals surface area contributed by atoms with Crippen LogP contribution in [0, 0.1) is 6.92 Å². The molecule has 1 nitrogen and oxygen atoms in total. The number of aliphatic imine (C=N–C) groups is 1. The average Bonchev–Trinajstić information content (AvgIpc) is 2.08. The number of rotatable bonds is 2. The minimum Gasteiger partial charge on any atom is -0.247 e. The van der Waals surface area contributed by atoms with Crippen molar-refractivity contribution < 1.29 is 0 Å². The van der Waals surface area contributed by atoms with Crippen LogP contribution in [0.4, 0.5) is 5.69 Å². The summed E-state index contributed by atoms with van der Waals surface area (Å²) in [5.41, 5.74) is 3.80. The number of aryl methyl sites for hydroxylation is 1. The third-order valence-electron chi connectivity index (χ3n) is 2.07. The Balaban J connectivity index is 3.16. The van der Waals surface area contributed by atoms with Gasteiger partial charge in [-0.3, -0.25) is 0 Å². The fourth-order valence-corrected chi connectivity index (χ4v) is 1.60. The van der Waals surface area contributed by atoms with Gasteiger partial charge in [0, 0.05) is 0 Å². The van der Waals surface area contributed by atoms with Crippen LogP contribution in [0.1, 0.15) is 25.0 Å². The van der Waals surface area contributed by atoms with E-state index in [0.29, 0.717) is 0 Å². The van der Waals surface area contributed by atoms with E-state index in [1.807, 2.05) is 6.92 Å². The first kappa shape index (κ1) is 10.7. The topological polar surface area (TPSA) is 12.4 Å². The standard InChI is InChI=1S/C11H14IN/c1-4-10-6-5-7-11(8(10)2)13-9(3)12/h5-7H,4H2,1-3H3/b13-9-. The monoisotopic (exact) mass is 287 g/mol. The van der Waals surface area contributed by atoms with Gasteiger partial charge in [-0.25, -0.2) is 4.99 Å². The number of benzene rings is 1. The second-order valence-corrected chi connectivity index (χ2v) is 4.58. The number of halogens is 1. The van der Waals surface area contributed by atoms with E-state index in [1.54, 1.807) is 0 Å². The van der Waals surface area contributed by atoms with Crippen molar-refractivity contribution >= 4 is 32.0 Å². The number of hydrogen-bond acceptors (Lipinski definition) is 1. The first-order valence-electron chi connectivity index (χ1n) is 4.44. The predicted octanol–water partition coefficient (Wildman–Crippen LogP) is 4.04. The van der Waals surface area contributed by atoms with Gasteiger partial charge in [0.2, 0.25) is 0 Å². The molecular formula is C11H14IN. The van der Waals surface area contributed by atoms with Crippen molar-refractivity contribution in [2.24, 2.45) is 4.99 Å². The van der Waals surface area contributed by atoms with Crippen molar-refractivity contribution in [3.8, 4) is 0 Å². The fourth-order valence-electron chi connectivity index (χ4n) is 1.34. The summed E-state index contributed by atoms with van der Waals surface area (Å²) >= 11 is 2.24. The zero-order valence-electron chi connectivity index (χ0n) is 8.26. The molecule has 0 unspecified atom stereocenters. The lowest BCUT2D eigenvalue weighted by molar-refractivity contribution is 1.11. The summed E-state index contributed by atoms with van der Waals surface area (Å²) in [7, 11) is 0. The summed E-state index contributed by atoms with van der Waals surface area (Å²) < 4.78 is 1.08. The second kappa shape index (κ2) is 4.74. The normalized spacial score (nSPS) is 11.8. The average molecular weight is 287 g/mol. The van der Waals surface area contributed by atoms with Crippen molar-refractivity contribution in [1.82, 2.24) is 0 Å². The van der Waals surface area contributed by atoms with Crippen LogP contribution in [0.2, 0.25) is 0 Å². The van der Waals surface area contributed by atoms with Gasteiger partial charge in [-0.15, -0.1) is 0 Å². The van der Waals surface area contributed by atoms with E-state index in [2.05, 4.69) is 59.6 Å². The largest absolute Gasteiger partial charge is 0.247 e. The molecule has 0 fully saturated rings. The summed E-state index contributed by atoms with van der Waals surface area (Å²) in [5, 5.41) is 0. The minimum absolute atomic E-state index is 1.08. The molecule has 13 heavy (non-hydrogen) atoms. The maximum Gasteiger partial charge on any atom is 0.0760 e. The number of nitrogens with zero attached hydrogens (tertiary/aromatic N) is 1. The molecule has 0 radical (unpaired) electrons. The summed E-state index contributed by atoms with van der Waals surface area (Å²) in [6.07, 6.45) is 1.08. The predicted molar refractivity (Wildman–Crippen MR) is 67.3 cm³/mol. The van der Waals surface area contributed by atoms with Gasteiger partial charge in [0.25, 0.3) is 0 Å². The molecule has 1 aromatic carbocycles. The number of hydrogen-bond donors (Lipinski definition) is 0. The van der Waals surface area contributed by atoms with Crippen molar-refractivity contribution in [3.63, 3.8) is 0 Å². The van der Waals surface area contributed by atoms with Crippen LogP contribution in [0.5, 0.6) is 0 Å². The van der Waals surface area contributed by atoms with Gasteiger partial charge >= 0.3 is 0 Å². The maximum absolute atomic E-state index is 4.47. The zero-order chi connectivity index (χ0) is 9.84. The van der Waals surface area contributed by atoms with Gasteiger partial charge in [0.1, 0.15) is 0 Å². The van der Waals surface area contributed by atoms with Crippen molar-refractivity contribution in [1.29, 1.82) is 0 Å². The first-order valence-corrected chi connectivity index (χ1v) is 5.52. The summed E-state index contributed by atoms with van der Waals surface area (Å²) in [6.45, 7) is 6.32. The Labute approximate surface area is 93.4 Å². The molecule has 2 heteroatoms. The molecule has 0 spiro atoms. The molecular weight excluding hydrogens is 273 g/mol. The lowest BCUT2D eigenvalue weighted by Crippen LogP contribution is -1.86. The van der Waals surface area contributed by atoms with Crippen LogP contribution in [0.15, 0.2) is 23.2 Å². The molecule has 0 N–H and O–H groups in total. The van der Waals surface area contributed by atoms with E-state index in [4.69, 9.17) is 0 Å². The molecule has 1 rings (SSSR count). The fraction of sp³-hybridized carbons (Fsp3) is 0.364. The molecule has 0 saturated heterocycles. The van der Waals surface area contributed by atoms with Crippen molar-refractivity contribution in [2.45, 2.75) is 27.2 Å². The van der Waals surface area contributed by atoms with E-state index >= 15 is 0 Å².